The number of hydrogen-bond acceptors (Lipinski definition) is 2. The van der Waals surface area contributed by atoms with E-state index in [0.29, 0.717) is 6.54 Å². The lowest BCUT2D eigenvalue weighted by molar-refractivity contribution is -0.129. The molecular formula is C14H20N2O2. The Morgan fingerprint density at radius 1 is 1.22 bits per heavy atom. The molecule has 0 heterocycles. The molecule has 0 atom stereocenters. The molecule has 1 aromatic carbocycles. The number of carbonyl (C=O) groups excluding carboxylic acids is 2. The van der Waals surface area contributed by atoms with Crippen LogP contribution in [-0.2, 0) is 16.1 Å². The molecule has 98 valence electrons. The van der Waals surface area contributed by atoms with E-state index in [1.54, 1.807) is 0 Å². The minimum absolute atomic E-state index is 0.0575. The topological polar surface area (TPSA) is 58.2 Å². The van der Waals surface area contributed by atoms with Gasteiger partial charge in [0.05, 0.1) is 0 Å². The third-order valence-corrected chi connectivity index (χ3v) is 2.34. The minimum Gasteiger partial charge on any atom is -0.353 e. The lowest BCUT2D eigenvalue weighted by Crippen LogP contribution is -2.35. The van der Waals surface area contributed by atoms with Crippen LogP contribution >= 0.6 is 0 Å². The number of amides is 2. The summed E-state index contributed by atoms with van der Waals surface area (Å²) in [6, 6.07) is 7.96. The minimum atomic E-state index is -0.255. The number of rotatable bonds is 5. The third kappa shape index (κ3) is 5.48. The zero-order chi connectivity index (χ0) is 13.5. The second-order valence-corrected chi connectivity index (χ2v) is 4.66. The molecular weight excluding hydrogens is 228 g/mol. The number of benzene rings is 1. The van der Waals surface area contributed by atoms with Gasteiger partial charge in [0.15, 0.2) is 0 Å². The molecule has 4 nitrogen and oxygen atoms in total. The van der Waals surface area contributed by atoms with E-state index in [1.807, 2.05) is 45.0 Å². The van der Waals surface area contributed by atoms with E-state index < -0.39 is 0 Å². The second-order valence-electron chi connectivity index (χ2n) is 4.66. The molecule has 0 bridgehead atoms. The molecule has 1 rings (SSSR count). The number of carbonyl (C=O) groups is 2. The van der Waals surface area contributed by atoms with E-state index in [9.17, 15) is 9.59 Å². The van der Waals surface area contributed by atoms with Gasteiger partial charge in [-0.1, -0.05) is 29.8 Å². The van der Waals surface area contributed by atoms with Crippen molar-refractivity contribution in [3.63, 3.8) is 0 Å². The molecule has 0 aliphatic carbocycles. The fraction of sp³-hybridized carbons (Fsp3) is 0.429. The number of nitrogens with one attached hydrogen (secondary N) is 2. The summed E-state index contributed by atoms with van der Waals surface area (Å²) in [6.45, 7) is 6.18. The Kier molecular flexibility index (Phi) is 5.36. The Morgan fingerprint density at radius 2 is 1.94 bits per heavy atom. The Bertz CT molecular complexity index is 428. The molecule has 0 unspecified atom stereocenters. The predicted molar refractivity (Wildman–Crippen MR) is 70.9 cm³/mol. The van der Waals surface area contributed by atoms with Crippen LogP contribution in [0.1, 0.15) is 31.4 Å². The maximum atomic E-state index is 11.5. The zero-order valence-corrected chi connectivity index (χ0v) is 11.1. The summed E-state index contributed by atoms with van der Waals surface area (Å²) >= 11 is 0. The van der Waals surface area contributed by atoms with E-state index >= 15 is 0 Å². The molecule has 0 aliphatic heterocycles. The van der Waals surface area contributed by atoms with Gasteiger partial charge in [0.25, 0.3) is 0 Å². The van der Waals surface area contributed by atoms with E-state index in [-0.39, 0.29) is 24.3 Å². The highest BCUT2D eigenvalue weighted by atomic mass is 16.2. The van der Waals surface area contributed by atoms with Gasteiger partial charge >= 0.3 is 0 Å². The second kappa shape index (κ2) is 6.79. The molecule has 2 N–H and O–H groups in total. The van der Waals surface area contributed by atoms with E-state index in [1.165, 1.54) is 0 Å². The first-order valence-corrected chi connectivity index (χ1v) is 6.09. The summed E-state index contributed by atoms with van der Waals surface area (Å²) in [5, 5.41) is 5.41. The highest BCUT2D eigenvalue weighted by Gasteiger charge is 2.09. The van der Waals surface area contributed by atoms with Gasteiger partial charge in [0.1, 0.15) is 6.42 Å². The van der Waals surface area contributed by atoms with Crippen LogP contribution in [0.3, 0.4) is 0 Å². The van der Waals surface area contributed by atoms with Crippen molar-refractivity contribution in [1.82, 2.24) is 10.6 Å². The maximum Gasteiger partial charge on any atom is 0.229 e. The molecule has 0 spiro atoms. The van der Waals surface area contributed by atoms with Crippen molar-refractivity contribution in [2.45, 2.75) is 39.8 Å². The van der Waals surface area contributed by atoms with E-state index in [2.05, 4.69) is 10.6 Å². The molecule has 18 heavy (non-hydrogen) atoms. The van der Waals surface area contributed by atoms with Crippen LogP contribution in [0.2, 0.25) is 0 Å². The highest BCUT2D eigenvalue weighted by Crippen LogP contribution is 2.03. The Hall–Kier alpha value is -1.84. The maximum absolute atomic E-state index is 11.5. The molecule has 2 amide bonds. The number of hydrogen-bond donors (Lipinski definition) is 2. The summed E-state index contributed by atoms with van der Waals surface area (Å²) in [7, 11) is 0. The standard InChI is InChI=1S/C14H20N2O2/c1-10(2)16-14(18)8-13(17)15-9-12-6-4-5-11(3)7-12/h4-7,10H,8-9H2,1-3H3,(H,15,17)(H,16,18). The smallest absolute Gasteiger partial charge is 0.229 e. The first-order valence-electron chi connectivity index (χ1n) is 6.09. The quantitative estimate of drug-likeness (QED) is 0.776. The van der Waals surface area contributed by atoms with Gasteiger partial charge in [-0.05, 0) is 26.3 Å². The average Bonchev–Trinajstić information content (AvgIpc) is 2.25. The van der Waals surface area contributed by atoms with Crippen molar-refractivity contribution in [3.05, 3.63) is 35.4 Å². The monoisotopic (exact) mass is 248 g/mol. The van der Waals surface area contributed by atoms with Crippen molar-refractivity contribution in [2.24, 2.45) is 0 Å². The number of aryl methyl sites for hydroxylation is 1. The fourth-order valence-corrected chi connectivity index (χ4v) is 1.60. The molecule has 0 saturated heterocycles. The Balaban J connectivity index is 2.35. The SMILES string of the molecule is Cc1cccc(CNC(=O)CC(=O)NC(C)C)c1. The first-order chi connectivity index (χ1) is 8.47. The molecule has 0 aromatic heterocycles. The van der Waals surface area contributed by atoms with Crippen LogP contribution < -0.4 is 10.6 Å². The first kappa shape index (κ1) is 14.2. The van der Waals surface area contributed by atoms with Gasteiger partial charge < -0.3 is 10.6 Å². The van der Waals surface area contributed by atoms with Crippen molar-refractivity contribution in [3.8, 4) is 0 Å². The largest absolute Gasteiger partial charge is 0.353 e. The Labute approximate surface area is 108 Å². The van der Waals surface area contributed by atoms with Crippen LogP contribution in [0.25, 0.3) is 0 Å². The highest BCUT2D eigenvalue weighted by molar-refractivity contribution is 5.96. The van der Waals surface area contributed by atoms with Crippen molar-refractivity contribution in [1.29, 1.82) is 0 Å². The van der Waals surface area contributed by atoms with E-state index in [4.69, 9.17) is 0 Å². The normalized spacial score (nSPS) is 10.2. The van der Waals surface area contributed by atoms with Crippen LogP contribution in [0.15, 0.2) is 24.3 Å². The van der Waals surface area contributed by atoms with Crippen molar-refractivity contribution < 1.29 is 9.59 Å². The summed E-state index contributed by atoms with van der Waals surface area (Å²) in [4.78, 5) is 22.9. The van der Waals surface area contributed by atoms with Crippen LogP contribution in [0.4, 0.5) is 0 Å². The van der Waals surface area contributed by atoms with Gasteiger partial charge in [-0.25, -0.2) is 0 Å². The molecule has 0 saturated carbocycles. The summed E-state index contributed by atoms with van der Waals surface area (Å²) in [5.74, 6) is -0.499. The lowest BCUT2D eigenvalue weighted by atomic mass is 10.1. The van der Waals surface area contributed by atoms with Gasteiger partial charge in [-0.3, -0.25) is 9.59 Å². The lowest BCUT2D eigenvalue weighted by Gasteiger charge is -2.09. The molecule has 0 fully saturated rings. The van der Waals surface area contributed by atoms with Crippen LogP contribution in [0, 0.1) is 6.92 Å². The zero-order valence-electron chi connectivity index (χ0n) is 11.1. The van der Waals surface area contributed by atoms with Gasteiger partial charge in [0, 0.05) is 12.6 Å². The Morgan fingerprint density at radius 3 is 2.56 bits per heavy atom. The van der Waals surface area contributed by atoms with Crippen LogP contribution in [0.5, 0.6) is 0 Å². The van der Waals surface area contributed by atoms with Crippen molar-refractivity contribution in [2.75, 3.05) is 0 Å². The van der Waals surface area contributed by atoms with Crippen LogP contribution in [-0.4, -0.2) is 17.9 Å². The summed E-state index contributed by atoms with van der Waals surface area (Å²) in [6.07, 6.45) is -0.121. The molecule has 1 aromatic rings. The van der Waals surface area contributed by atoms with Gasteiger partial charge in [-0.15, -0.1) is 0 Å². The van der Waals surface area contributed by atoms with Gasteiger partial charge in [0.2, 0.25) is 11.8 Å². The van der Waals surface area contributed by atoms with Gasteiger partial charge in [-0.2, -0.15) is 0 Å². The van der Waals surface area contributed by atoms with Crippen molar-refractivity contribution >= 4 is 11.8 Å². The predicted octanol–water partition coefficient (Wildman–Crippen LogP) is 1.53. The summed E-state index contributed by atoms with van der Waals surface area (Å²) < 4.78 is 0. The molecule has 4 heteroatoms. The van der Waals surface area contributed by atoms with E-state index in [0.717, 1.165) is 11.1 Å². The average molecular weight is 248 g/mol. The summed E-state index contributed by atoms with van der Waals surface area (Å²) in [5.41, 5.74) is 2.19. The fourth-order valence-electron chi connectivity index (χ4n) is 1.60. The molecule has 0 aliphatic rings. The third-order valence-electron chi connectivity index (χ3n) is 2.34. The molecule has 0 radical (unpaired) electrons.